The lowest BCUT2D eigenvalue weighted by Crippen LogP contribution is -2.18. The molecular formula is C12H18O5. The van der Waals surface area contributed by atoms with Gasteiger partial charge >= 0.3 is 11.8 Å². The maximum absolute atomic E-state index is 11.5. The van der Waals surface area contributed by atoms with Gasteiger partial charge in [-0.1, -0.05) is 27.2 Å². The zero-order valence-electron chi connectivity index (χ0n) is 10.7. The lowest BCUT2D eigenvalue weighted by Gasteiger charge is -2.20. The third kappa shape index (κ3) is 4.09. The van der Waals surface area contributed by atoms with Crippen molar-refractivity contribution in [1.29, 1.82) is 0 Å². The Hall–Kier alpha value is -1.52. The van der Waals surface area contributed by atoms with Crippen LogP contribution in [0.3, 0.4) is 0 Å². The fourth-order valence-corrected chi connectivity index (χ4v) is 1.22. The highest BCUT2D eigenvalue weighted by molar-refractivity contribution is 5.70. The van der Waals surface area contributed by atoms with E-state index in [1.807, 2.05) is 20.8 Å². The molecule has 0 aliphatic carbocycles. The van der Waals surface area contributed by atoms with Gasteiger partial charge in [0.2, 0.25) is 0 Å². The second kappa shape index (κ2) is 5.21. The van der Waals surface area contributed by atoms with E-state index in [1.165, 1.54) is 0 Å². The number of hydrogen-bond donors (Lipinski definition) is 0. The van der Waals surface area contributed by atoms with E-state index < -0.39 is 5.82 Å². The Balaban J connectivity index is 2.49. The first-order valence-electron chi connectivity index (χ1n) is 5.59. The number of carbonyl (C=O) groups is 1. The molecule has 0 unspecified atom stereocenters. The van der Waals surface area contributed by atoms with E-state index in [1.54, 1.807) is 6.92 Å². The normalized spacial score (nSPS) is 11.5. The Morgan fingerprint density at radius 2 is 2.00 bits per heavy atom. The van der Waals surface area contributed by atoms with Gasteiger partial charge in [0.15, 0.2) is 18.1 Å². The Labute approximate surface area is 99.8 Å². The van der Waals surface area contributed by atoms with Crippen molar-refractivity contribution < 1.29 is 18.4 Å². The SMILES string of the molecule is CCC(C)(C)CC(=O)OCc1oc(=O)oc1C. The number of ether oxygens (including phenoxy) is 1. The molecule has 0 saturated heterocycles. The molecule has 0 aromatic carbocycles. The molecule has 0 radical (unpaired) electrons. The van der Waals surface area contributed by atoms with E-state index in [0.717, 1.165) is 6.42 Å². The summed E-state index contributed by atoms with van der Waals surface area (Å²) in [6.45, 7) is 7.54. The molecule has 1 aromatic rings. The van der Waals surface area contributed by atoms with Gasteiger partial charge in [-0.25, -0.2) is 4.79 Å². The van der Waals surface area contributed by atoms with Gasteiger partial charge in [-0.15, -0.1) is 0 Å². The summed E-state index contributed by atoms with van der Waals surface area (Å²) in [5, 5.41) is 0. The molecule has 5 nitrogen and oxygen atoms in total. The smallest absolute Gasteiger partial charge is 0.457 e. The fourth-order valence-electron chi connectivity index (χ4n) is 1.22. The standard InChI is InChI=1S/C12H18O5/c1-5-12(3,4)6-10(13)15-7-9-8(2)16-11(14)17-9/h5-7H2,1-4H3. The van der Waals surface area contributed by atoms with Crippen LogP contribution in [0.15, 0.2) is 13.6 Å². The number of aryl methyl sites for hydroxylation is 1. The Morgan fingerprint density at radius 3 is 2.47 bits per heavy atom. The summed E-state index contributed by atoms with van der Waals surface area (Å²) in [6, 6.07) is 0. The molecule has 0 aliphatic heterocycles. The van der Waals surface area contributed by atoms with E-state index in [4.69, 9.17) is 9.15 Å². The molecule has 0 N–H and O–H groups in total. The summed E-state index contributed by atoms with van der Waals surface area (Å²) >= 11 is 0. The first-order chi connectivity index (χ1) is 7.84. The highest BCUT2D eigenvalue weighted by atomic mass is 16.6. The van der Waals surface area contributed by atoms with Gasteiger partial charge in [0, 0.05) is 0 Å². The minimum absolute atomic E-state index is 0.0593. The van der Waals surface area contributed by atoms with Crippen LogP contribution < -0.4 is 5.82 Å². The van der Waals surface area contributed by atoms with Crippen molar-refractivity contribution in [2.45, 2.75) is 47.1 Å². The van der Waals surface area contributed by atoms with Crippen molar-refractivity contribution in [3.05, 3.63) is 22.1 Å². The molecular weight excluding hydrogens is 224 g/mol. The van der Waals surface area contributed by atoms with Gasteiger partial charge in [-0.3, -0.25) is 4.79 Å². The van der Waals surface area contributed by atoms with Crippen LogP contribution in [0.25, 0.3) is 0 Å². The molecule has 1 heterocycles. The van der Waals surface area contributed by atoms with Gasteiger partial charge in [-0.2, -0.15) is 0 Å². The summed E-state index contributed by atoms with van der Waals surface area (Å²) < 4.78 is 14.4. The van der Waals surface area contributed by atoms with Crippen molar-refractivity contribution >= 4 is 5.97 Å². The zero-order valence-corrected chi connectivity index (χ0v) is 10.7. The first-order valence-corrected chi connectivity index (χ1v) is 5.59. The summed E-state index contributed by atoms with van der Waals surface area (Å²) in [4.78, 5) is 22.3. The number of esters is 1. The van der Waals surface area contributed by atoms with Gasteiger partial charge in [-0.05, 0) is 12.3 Å². The zero-order chi connectivity index (χ0) is 13.1. The van der Waals surface area contributed by atoms with Crippen molar-refractivity contribution in [2.75, 3.05) is 0 Å². The minimum atomic E-state index is -0.776. The summed E-state index contributed by atoms with van der Waals surface area (Å²) in [5.41, 5.74) is -0.0800. The molecule has 0 spiro atoms. The Morgan fingerprint density at radius 1 is 1.35 bits per heavy atom. The highest BCUT2D eigenvalue weighted by Crippen LogP contribution is 2.25. The minimum Gasteiger partial charge on any atom is -0.457 e. The monoisotopic (exact) mass is 242 g/mol. The average Bonchev–Trinajstić information content (AvgIpc) is 2.54. The van der Waals surface area contributed by atoms with Crippen LogP contribution >= 0.6 is 0 Å². The van der Waals surface area contributed by atoms with Crippen molar-refractivity contribution in [1.82, 2.24) is 0 Å². The van der Waals surface area contributed by atoms with Crippen LogP contribution in [0.2, 0.25) is 0 Å². The first kappa shape index (κ1) is 13.5. The van der Waals surface area contributed by atoms with Crippen LogP contribution in [-0.4, -0.2) is 5.97 Å². The average molecular weight is 242 g/mol. The predicted octanol–water partition coefficient (Wildman–Crippen LogP) is 2.41. The van der Waals surface area contributed by atoms with Crippen LogP contribution in [-0.2, 0) is 16.1 Å². The number of hydrogen-bond acceptors (Lipinski definition) is 5. The van der Waals surface area contributed by atoms with E-state index >= 15 is 0 Å². The molecule has 0 saturated carbocycles. The van der Waals surface area contributed by atoms with E-state index in [2.05, 4.69) is 4.42 Å². The predicted molar refractivity (Wildman–Crippen MR) is 60.5 cm³/mol. The summed E-state index contributed by atoms with van der Waals surface area (Å²) in [6.07, 6.45) is 1.23. The Bertz CT molecular complexity index is 438. The maximum atomic E-state index is 11.5. The fraction of sp³-hybridized carbons (Fsp3) is 0.667. The highest BCUT2D eigenvalue weighted by Gasteiger charge is 2.21. The van der Waals surface area contributed by atoms with Gasteiger partial charge < -0.3 is 13.6 Å². The third-order valence-corrected chi connectivity index (χ3v) is 2.78. The van der Waals surface area contributed by atoms with E-state index in [9.17, 15) is 9.59 Å². The molecule has 0 aliphatic rings. The molecule has 1 aromatic heterocycles. The molecule has 0 amide bonds. The van der Waals surface area contributed by atoms with Crippen molar-refractivity contribution in [2.24, 2.45) is 5.41 Å². The molecule has 5 heteroatoms. The van der Waals surface area contributed by atoms with Crippen molar-refractivity contribution in [3.63, 3.8) is 0 Å². The maximum Gasteiger partial charge on any atom is 0.519 e. The molecule has 0 atom stereocenters. The lowest BCUT2D eigenvalue weighted by atomic mass is 9.87. The second-order valence-electron chi connectivity index (χ2n) is 4.79. The van der Waals surface area contributed by atoms with E-state index in [-0.39, 0.29) is 23.8 Å². The molecule has 0 bridgehead atoms. The van der Waals surface area contributed by atoms with Crippen molar-refractivity contribution in [3.8, 4) is 0 Å². The van der Waals surface area contributed by atoms with Gasteiger partial charge in [0.05, 0.1) is 6.42 Å². The van der Waals surface area contributed by atoms with Crippen LogP contribution in [0.5, 0.6) is 0 Å². The second-order valence-corrected chi connectivity index (χ2v) is 4.79. The largest absolute Gasteiger partial charge is 0.519 e. The molecule has 17 heavy (non-hydrogen) atoms. The molecule has 1 rings (SSSR count). The van der Waals surface area contributed by atoms with Gasteiger partial charge in [0.1, 0.15) is 0 Å². The van der Waals surface area contributed by atoms with Gasteiger partial charge in [0.25, 0.3) is 0 Å². The van der Waals surface area contributed by atoms with E-state index in [0.29, 0.717) is 12.2 Å². The summed E-state index contributed by atoms with van der Waals surface area (Å²) in [7, 11) is 0. The lowest BCUT2D eigenvalue weighted by molar-refractivity contribution is -0.147. The van der Waals surface area contributed by atoms with Crippen LogP contribution in [0, 0.1) is 12.3 Å². The quantitative estimate of drug-likeness (QED) is 0.741. The topological polar surface area (TPSA) is 69.7 Å². The third-order valence-electron chi connectivity index (χ3n) is 2.78. The number of rotatable bonds is 5. The molecule has 0 fully saturated rings. The summed E-state index contributed by atoms with van der Waals surface area (Å²) in [5.74, 6) is -0.474. The molecule has 96 valence electrons. The Kier molecular flexibility index (Phi) is 4.15. The number of carbonyl (C=O) groups excluding carboxylic acids is 1. The van der Waals surface area contributed by atoms with Crippen LogP contribution in [0.4, 0.5) is 0 Å². The van der Waals surface area contributed by atoms with Crippen LogP contribution in [0.1, 0.15) is 45.1 Å².